The van der Waals surface area contributed by atoms with E-state index in [1.54, 1.807) is 12.1 Å². The van der Waals surface area contributed by atoms with Gasteiger partial charge in [-0.05, 0) is 36.1 Å². The number of rotatable bonds is 7. The van der Waals surface area contributed by atoms with Crippen LogP contribution < -0.4 is 9.46 Å². The molecule has 1 rings (SSSR count). The Morgan fingerprint density at radius 3 is 2.40 bits per heavy atom. The highest BCUT2D eigenvalue weighted by Gasteiger charge is 2.22. The third-order valence-electron chi connectivity index (χ3n) is 3.02. The van der Waals surface area contributed by atoms with E-state index < -0.39 is 10.0 Å². The molecule has 20 heavy (non-hydrogen) atoms. The van der Waals surface area contributed by atoms with Gasteiger partial charge in [0, 0.05) is 13.0 Å². The van der Waals surface area contributed by atoms with Crippen LogP contribution in [0.2, 0.25) is 0 Å². The lowest BCUT2D eigenvalue weighted by molar-refractivity contribution is 0.338. The first-order chi connectivity index (χ1) is 9.30. The molecule has 110 valence electrons. The predicted molar refractivity (Wildman–Crippen MR) is 76.8 cm³/mol. The SMILES string of the molecule is COc1ccc(S(=O)(=O)NCC(C)(C)CCC#N)cc1. The van der Waals surface area contributed by atoms with Gasteiger partial charge in [0.15, 0.2) is 0 Å². The second-order valence-electron chi connectivity index (χ2n) is 5.32. The molecule has 0 radical (unpaired) electrons. The summed E-state index contributed by atoms with van der Waals surface area (Å²) in [6.45, 7) is 4.16. The molecule has 6 heteroatoms. The van der Waals surface area contributed by atoms with Gasteiger partial charge in [0.05, 0.1) is 18.1 Å². The third-order valence-corrected chi connectivity index (χ3v) is 4.44. The van der Waals surface area contributed by atoms with Crippen molar-refractivity contribution >= 4 is 10.0 Å². The third kappa shape index (κ3) is 4.83. The highest BCUT2D eigenvalue weighted by molar-refractivity contribution is 7.89. The number of nitrogens with one attached hydrogen (secondary N) is 1. The fourth-order valence-corrected chi connectivity index (χ4v) is 2.85. The smallest absolute Gasteiger partial charge is 0.240 e. The molecular formula is C14H20N2O3S. The van der Waals surface area contributed by atoms with Crippen molar-refractivity contribution in [2.75, 3.05) is 13.7 Å². The molecule has 0 aliphatic rings. The average Bonchev–Trinajstić information content (AvgIpc) is 2.43. The number of methoxy groups -OCH3 is 1. The summed E-state index contributed by atoms with van der Waals surface area (Å²) >= 11 is 0. The number of hydrogen-bond donors (Lipinski definition) is 1. The van der Waals surface area contributed by atoms with Crippen molar-refractivity contribution < 1.29 is 13.2 Å². The monoisotopic (exact) mass is 296 g/mol. The van der Waals surface area contributed by atoms with E-state index in [2.05, 4.69) is 10.8 Å². The van der Waals surface area contributed by atoms with Crippen LogP contribution in [0.3, 0.4) is 0 Å². The highest BCUT2D eigenvalue weighted by Crippen LogP contribution is 2.22. The lowest BCUT2D eigenvalue weighted by Gasteiger charge is -2.23. The minimum absolute atomic E-state index is 0.203. The molecule has 0 unspecified atom stereocenters. The fraction of sp³-hybridized carbons (Fsp3) is 0.500. The predicted octanol–water partition coefficient (Wildman–Crippen LogP) is 2.30. The first-order valence-corrected chi connectivity index (χ1v) is 7.80. The maximum absolute atomic E-state index is 12.1. The average molecular weight is 296 g/mol. The van der Waals surface area contributed by atoms with Gasteiger partial charge in [0.2, 0.25) is 10.0 Å². The number of benzene rings is 1. The molecule has 1 aromatic carbocycles. The number of nitriles is 1. The van der Waals surface area contributed by atoms with Gasteiger partial charge in [0.1, 0.15) is 5.75 Å². The maximum Gasteiger partial charge on any atom is 0.240 e. The fourth-order valence-electron chi connectivity index (χ4n) is 1.61. The van der Waals surface area contributed by atoms with Crippen LogP contribution in [0.1, 0.15) is 26.7 Å². The topological polar surface area (TPSA) is 79.2 Å². The first-order valence-electron chi connectivity index (χ1n) is 6.31. The van der Waals surface area contributed by atoms with Crippen LogP contribution in [0.4, 0.5) is 0 Å². The Bertz CT molecular complexity index is 571. The molecule has 0 saturated carbocycles. The van der Waals surface area contributed by atoms with Crippen molar-refractivity contribution in [2.24, 2.45) is 5.41 Å². The molecule has 0 bridgehead atoms. The van der Waals surface area contributed by atoms with Crippen LogP contribution in [0.15, 0.2) is 29.2 Å². The summed E-state index contributed by atoms with van der Waals surface area (Å²) in [7, 11) is -2.00. The van der Waals surface area contributed by atoms with E-state index in [-0.39, 0.29) is 10.3 Å². The zero-order chi connectivity index (χ0) is 15.2. The van der Waals surface area contributed by atoms with Crippen molar-refractivity contribution in [3.05, 3.63) is 24.3 Å². The molecule has 0 aliphatic carbocycles. The number of hydrogen-bond acceptors (Lipinski definition) is 4. The van der Waals surface area contributed by atoms with Crippen molar-refractivity contribution in [3.63, 3.8) is 0 Å². The summed E-state index contributed by atoms with van der Waals surface area (Å²) in [6.07, 6.45) is 1.06. The molecule has 0 saturated heterocycles. The van der Waals surface area contributed by atoms with Gasteiger partial charge in [-0.1, -0.05) is 13.8 Å². The Labute approximate surface area is 120 Å². The van der Waals surface area contributed by atoms with Gasteiger partial charge in [-0.2, -0.15) is 5.26 Å². The molecular weight excluding hydrogens is 276 g/mol. The molecule has 0 aromatic heterocycles. The largest absolute Gasteiger partial charge is 0.497 e. The summed E-state index contributed by atoms with van der Waals surface area (Å²) in [6, 6.07) is 8.29. The second kappa shape index (κ2) is 6.73. The molecule has 5 nitrogen and oxygen atoms in total. The zero-order valence-corrected chi connectivity index (χ0v) is 12.8. The zero-order valence-electron chi connectivity index (χ0n) is 12.0. The van der Waals surface area contributed by atoms with Crippen LogP contribution in [0.5, 0.6) is 5.75 Å². The minimum atomic E-state index is -3.53. The van der Waals surface area contributed by atoms with E-state index in [0.29, 0.717) is 25.1 Å². The normalized spacial score (nSPS) is 11.9. The van der Waals surface area contributed by atoms with Gasteiger partial charge in [-0.25, -0.2) is 13.1 Å². The van der Waals surface area contributed by atoms with E-state index in [0.717, 1.165) is 0 Å². The highest BCUT2D eigenvalue weighted by atomic mass is 32.2. The van der Waals surface area contributed by atoms with Gasteiger partial charge in [0.25, 0.3) is 0 Å². The minimum Gasteiger partial charge on any atom is -0.497 e. The molecule has 0 atom stereocenters. The summed E-state index contributed by atoms with van der Waals surface area (Å²) in [4.78, 5) is 0.203. The van der Waals surface area contributed by atoms with Gasteiger partial charge < -0.3 is 4.74 Å². The molecule has 0 amide bonds. The Balaban J connectivity index is 2.72. The lowest BCUT2D eigenvalue weighted by Crippen LogP contribution is -2.34. The van der Waals surface area contributed by atoms with Gasteiger partial charge in [-0.15, -0.1) is 0 Å². The van der Waals surface area contributed by atoms with Crippen LogP contribution >= 0.6 is 0 Å². The van der Waals surface area contributed by atoms with Crippen molar-refractivity contribution in [3.8, 4) is 11.8 Å². The van der Waals surface area contributed by atoms with E-state index in [1.807, 2.05) is 13.8 Å². The second-order valence-corrected chi connectivity index (χ2v) is 7.09. The number of ether oxygens (including phenoxy) is 1. The molecule has 1 N–H and O–H groups in total. The van der Waals surface area contributed by atoms with Crippen molar-refractivity contribution in [1.29, 1.82) is 5.26 Å². The van der Waals surface area contributed by atoms with Crippen LogP contribution in [0.25, 0.3) is 0 Å². The van der Waals surface area contributed by atoms with Crippen LogP contribution in [0, 0.1) is 16.7 Å². The number of nitrogens with zero attached hydrogens (tertiary/aromatic N) is 1. The van der Waals surface area contributed by atoms with E-state index in [1.165, 1.54) is 19.2 Å². The molecule has 0 heterocycles. The van der Waals surface area contributed by atoms with E-state index in [9.17, 15) is 8.42 Å². The first kappa shape index (κ1) is 16.5. The Kier molecular flexibility index (Phi) is 5.54. The van der Waals surface area contributed by atoms with E-state index in [4.69, 9.17) is 10.00 Å². The molecule has 0 aliphatic heterocycles. The summed E-state index contributed by atoms with van der Waals surface area (Å²) in [5.41, 5.74) is -0.255. The van der Waals surface area contributed by atoms with Crippen molar-refractivity contribution in [2.45, 2.75) is 31.6 Å². The molecule has 0 fully saturated rings. The molecule has 1 aromatic rings. The van der Waals surface area contributed by atoms with Crippen LogP contribution in [-0.2, 0) is 10.0 Å². The Hall–Kier alpha value is -1.58. The summed E-state index contributed by atoms with van der Waals surface area (Å²) in [5.74, 6) is 0.610. The van der Waals surface area contributed by atoms with Crippen molar-refractivity contribution in [1.82, 2.24) is 4.72 Å². The summed E-state index contributed by atoms with van der Waals surface area (Å²) in [5, 5.41) is 8.58. The van der Waals surface area contributed by atoms with Crippen LogP contribution in [-0.4, -0.2) is 22.1 Å². The van der Waals surface area contributed by atoms with E-state index >= 15 is 0 Å². The maximum atomic E-state index is 12.1. The quantitative estimate of drug-likeness (QED) is 0.837. The standard InChI is InChI=1S/C14H20N2O3S/c1-14(2,9-4-10-15)11-16-20(17,18)13-7-5-12(19-3)6-8-13/h5-8,16H,4,9,11H2,1-3H3. The van der Waals surface area contributed by atoms with Gasteiger partial charge >= 0.3 is 0 Å². The molecule has 0 spiro atoms. The van der Waals surface area contributed by atoms with Gasteiger partial charge in [-0.3, -0.25) is 0 Å². The lowest BCUT2D eigenvalue weighted by atomic mass is 9.88. The Morgan fingerprint density at radius 2 is 1.90 bits per heavy atom. The number of sulfonamides is 1. The Morgan fingerprint density at radius 1 is 1.30 bits per heavy atom. The summed E-state index contributed by atoms with van der Waals surface area (Å²) < 4.78 is 31.8.